The van der Waals surface area contributed by atoms with Gasteiger partial charge >= 0.3 is 0 Å². The van der Waals surface area contributed by atoms with Gasteiger partial charge in [-0.1, -0.05) is 46.3 Å². The van der Waals surface area contributed by atoms with E-state index in [-0.39, 0.29) is 5.75 Å². The lowest BCUT2D eigenvalue weighted by atomic mass is 10.2. The zero-order valence-electron chi connectivity index (χ0n) is 15.6. The first-order valence-corrected chi connectivity index (χ1v) is 9.53. The highest BCUT2D eigenvalue weighted by atomic mass is 79.9. The van der Waals surface area contributed by atoms with Crippen LogP contribution in [-0.4, -0.2) is 24.3 Å². The molecule has 148 valence electrons. The number of hydrogen-bond acceptors (Lipinski definition) is 5. The van der Waals surface area contributed by atoms with Gasteiger partial charge in [-0.2, -0.15) is 5.10 Å². The fourth-order valence-electron chi connectivity index (χ4n) is 2.52. The summed E-state index contributed by atoms with van der Waals surface area (Å²) in [5, 5.41) is 13.8. The molecule has 0 bridgehead atoms. The number of phenolic OH excluding ortho intramolecular Hbond substituents is 1. The van der Waals surface area contributed by atoms with E-state index in [2.05, 4.69) is 26.5 Å². The quantitative estimate of drug-likeness (QED) is 0.406. The summed E-state index contributed by atoms with van der Waals surface area (Å²) in [5.74, 6) is 0.597. The number of hydrazone groups is 1. The van der Waals surface area contributed by atoms with E-state index < -0.39 is 5.91 Å². The van der Waals surface area contributed by atoms with Crippen molar-refractivity contribution < 1.29 is 19.4 Å². The molecule has 0 spiro atoms. The van der Waals surface area contributed by atoms with Gasteiger partial charge in [-0.05, 0) is 42.0 Å². The van der Waals surface area contributed by atoms with E-state index >= 15 is 0 Å². The monoisotopic (exact) mass is 454 g/mol. The topological polar surface area (TPSA) is 80.2 Å². The average Bonchev–Trinajstić information content (AvgIpc) is 2.74. The molecule has 0 saturated heterocycles. The normalized spacial score (nSPS) is 10.7. The number of hydrogen-bond donors (Lipinski definition) is 2. The van der Waals surface area contributed by atoms with E-state index in [4.69, 9.17) is 9.47 Å². The molecule has 3 aromatic carbocycles. The molecule has 0 fully saturated rings. The highest BCUT2D eigenvalue weighted by molar-refractivity contribution is 9.10. The minimum Gasteiger partial charge on any atom is -0.507 e. The third kappa shape index (κ3) is 5.58. The molecule has 0 atom stereocenters. The Morgan fingerprint density at radius 3 is 2.69 bits per heavy atom. The van der Waals surface area contributed by atoms with Crippen molar-refractivity contribution in [3.05, 3.63) is 87.9 Å². The minimum absolute atomic E-state index is 0.0261. The Morgan fingerprint density at radius 1 is 1.14 bits per heavy atom. The molecule has 0 aliphatic heterocycles. The molecule has 0 aromatic heterocycles. The number of rotatable bonds is 7. The van der Waals surface area contributed by atoms with Gasteiger partial charge in [-0.3, -0.25) is 4.79 Å². The number of amides is 1. The van der Waals surface area contributed by atoms with Crippen LogP contribution in [0.5, 0.6) is 17.2 Å². The summed E-state index contributed by atoms with van der Waals surface area (Å²) in [6.45, 7) is 0.337. The Labute approximate surface area is 176 Å². The van der Waals surface area contributed by atoms with Crippen molar-refractivity contribution in [2.75, 3.05) is 7.11 Å². The zero-order chi connectivity index (χ0) is 20.6. The van der Waals surface area contributed by atoms with Crippen molar-refractivity contribution >= 4 is 28.1 Å². The molecule has 2 N–H and O–H groups in total. The standard InChI is InChI=1S/C22H19BrN2O4/c1-28-18-8-9-20(26)16(11-18)13-24-25-22(27)19-12-17(23)7-10-21(19)29-14-15-5-3-2-4-6-15/h2-13,26H,14H2,1H3,(H,25,27)/b24-13+. The van der Waals surface area contributed by atoms with Crippen molar-refractivity contribution in [3.8, 4) is 17.2 Å². The first kappa shape index (κ1) is 20.4. The maximum absolute atomic E-state index is 12.6. The van der Waals surface area contributed by atoms with E-state index in [1.165, 1.54) is 19.4 Å². The molecular weight excluding hydrogens is 436 g/mol. The zero-order valence-corrected chi connectivity index (χ0v) is 17.2. The first-order valence-electron chi connectivity index (χ1n) is 8.73. The lowest BCUT2D eigenvalue weighted by Crippen LogP contribution is -2.19. The van der Waals surface area contributed by atoms with Crippen molar-refractivity contribution in [3.63, 3.8) is 0 Å². The van der Waals surface area contributed by atoms with Gasteiger partial charge in [0.1, 0.15) is 23.9 Å². The predicted molar refractivity (Wildman–Crippen MR) is 115 cm³/mol. The maximum Gasteiger partial charge on any atom is 0.275 e. The van der Waals surface area contributed by atoms with Gasteiger partial charge in [0.25, 0.3) is 5.91 Å². The fraction of sp³-hybridized carbons (Fsp3) is 0.0909. The van der Waals surface area contributed by atoms with Gasteiger partial charge in [-0.25, -0.2) is 5.43 Å². The third-order valence-corrected chi connectivity index (χ3v) is 4.52. The van der Waals surface area contributed by atoms with E-state index in [9.17, 15) is 9.90 Å². The van der Waals surface area contributed by atoms with Crippen LogP contribution in [-0.2, 0) is 6.61 Å². The van der Waals surface area contributed by atoms with E-state index in [0.29, 0.717) is 29.2 Å². The van der Waals surface area contributed by atoms with Crippen LogP contribution in [0.1, 0.15) is 21.5 Å². The summed E-state index contributed by atoms with van der Waals surface area (Å²) < 4.78 is 11.7. The Balaban J connectivity index is 1.72. The summed E-state index contributed by atoms with van der Waals surface area (Å²) in [4.78, 5) is 12.6. The summed E-state index contributed by atoms with van der Waals surface area (Å²) in [7, 11) is 1.53. The fourth-order valence-corrected chi connectivity index (χ4v) is 2.89. The highest BCUT2D eigenvalue weighted by Gasteiger charge is 2.13. The molecule has 29 heavy (non-hydrogen) atoms. The summed E-state index contributed by atoms with van der Waals surface area (Å²) in [6, 6.07) is 19.6. The molecule has 6 nitrogen and oxygen atoms in total. The molecule has 0 saturated carbocycles. The molecule has 0 radical (unpaired) electrons. The molecule has 0 aliphatic rings. The first-order chi connectivity index (χ1) is 14.1. The van der Waals surface area contributed by atoms with Crippen LogP contribution in [0.25, 0.3) is 0 Å². The van der Waals surface area contributed by atoms with Crippen LogP contribution in [0, 0.1) is 0 Å². The Morgan fingerprint density at radius 2 is 1.93 bits per heavy atom. The second-order valence-corrected chi connectivity index (χ2v) is 6.95. The Bertz CT molecular complexity index is 1020. The highest BCUT2D eigenvalue weighted by Crippen LogP contribution is 2.24. The molecule has 0 unspecified atom stereocenters. The number of carbonyl (C=O) groups excluding carboxylic acids is 1. The number of phenols is 1. The number of benzene rings is 3. The average molecular weight is 455 g/mol. The van der Waals surface area contributed by atoms with Crippen LogP contribution in [0.4, 0.5) is 0 Å². The van der Waals surface area contributed by atoms with Crippen molar-refractivity contribution in [1.82, 2.24) is 5.43 Å². The van der Waals surface area contributed by atoms with Gasteiger partial charge in [0.15, 0.2) is 0 Å². The second-order valence-electron chi connectivity index (χ2n) is 6.04. The number of aromatic hydroxyl groups is 1. The van der Waals surface area contributed by atoms with Crippen molar-refractivity contribution in [2.24, 2.45) is 5.10 Å². The van der Waals surface area contributed by atoms with Crippen LogP contribution in [0.15, 0.2) is 76.3 Å². The summed E-state index contributed by atoms with van der Waals surface area (Å²) >= 11 is 3.37. The molecule has 3 aromatic rings. The minimum atomic E-state index is -0.437. The Kier molecular flexibility index (Phi) is 6.86. The largest absolute Gasteiger partial charge is 0.507 e. The number of halogens is 1. The third-order valence-electron chi connectivity index (χ3n) is 4.03. The van der Waals surface area contributed by atoms with E-state index in [1.807, 2.05) is 30.3 Å². The molecule has 7 heteroatoms. The molecular formula is C22H19BrN2O4. The molecule has 1 amide bonds. The van der Waals surface area contributed by atoms with Gasteiger partial charge < -0.3 is 14.6 Å². The number of methoxy groups -OCH3 is 1. The summed E-state index contributed by atoms with van der Waals surface area (Å²) in [6.07, 6.45) is 1.35. The van der Waals surface area contributed by atoms with Crippen LogP contribution in [0.3, 0.4) is 0 Å². The van der Waals surface area contributed by atoms with E-state index in [1.54, 1.807) is 30.3 Å². The van der Waals surface area contributed by atoms with Crippen LogP contribution < -0.4 is 14.9 Å². The Hall–Kier alpha value is -3.32. The lowest BCUT2D eigenvalue weighted by molar-refractivity contribution is 0.0950. The molecule has 3 rings (SSSR count). The van der Waals surface area contributed by atoms with Gasteiger partial charge in [0.2, 0.25) is 0 Å². The number of nitrogens with one attached hydrogen (secondary N) is 1. The SMILES string of the molecule is COc1ccc(O)c(/C=N/NC(=O)c2cc(Br)ccc2OCc2ccccc2)c1. The molecule has 0 aliphatic carbocycles. The maximum atomic E-state index is 12.6. The predicted octanol–water partition coefficient (Wildman–Crippen LogP) is 4.51. The number of nitrogens with zero attached hydrogens (tertiary/aromatic N) is 1. The number of carbonyl (C=O) groups is 1. The molecule has 0 heterocycles. The summed E-state index contributed by atoms with van der Waals surface area (Å²) in [5.41, 5.74) is 4.20. The van der Waals surface area contributed by atoms with Gasteiger partial charge in [0.05, 0.1) is 18.9 Å². The lowest BCUT2D eigenvalue weighted by Gasteiger charge is -2.11. The van der Waals surface area contributed by atoms with E-state index in [0.717, 1.165) is 10.0 Å². The van der Waals surface area contributed by atoms with Gasteiger partial charge in [0, 0.05) is 10.0 Å². The van der Waals surface area contributed by atoms with Crippen molar-refractivity contribution in [1.29, 1.82) is 0 Å². The van der Waals surface area contributed by atoms with Crippen LogP contribution in [0.2, 0.25) is 0 Å². The van der Waals surface area contributed by atoms with Crippen LogP contribution >= 0.6 is 15.9 Å². The smallest absolute Gasteiger partial charge is 0.275 e. The number of ether oxygens (including phenoxy) is 2. The van der Waals surface area contributed by atoms with Crippen molar-refractivity contribution in [2.45, 2.75) is 6.61 Å². The van der Waals surface area contributed by atoms with Gasteiger partial charge in [-0.15, -0.1) is 0 Å². The second kappa shape index (κ2) is 9.75.